The highest BCUT2D eigenvalue weighted by molar-refractivity contribution is 5.72. The van der Waals surface area contributed by atoms with Gasteiger partial charge in [-0.05, 0) is 24.7 Å². The van der Waals surface area contributed by atoms with E-state index in [1.807, 2.05) is 0 Å². The first kappa shape index (κ1) is 10.5. The Morgan fingerprint density at radius 3 is 2.46 bits per heavy atom. The summed E-state index contributed by atoms with van der Waals surface area (Å²) < 4.78 is 5.40. The normalized spacial score (nSPS) is 29.2. The molecule has 1 saturated heterocycles. The fraction of sp³-hybridized carbons (Fsp3) is 0.900. The Morgan fingerprint density at radius 1 is 1.46 bits per heavy atom. The highest BCUT2D eigenvalue weighted by atomic mass is 16.5. The van der Waals surface area contributed by atoms with Crippen LogP contribution in [0.15, 0.2) is 0 Å². The minimum atomic E-state index is -0.823. The molecule has 3 heteroatoms. The molecule has 0 radical (unpaired) electrons. The number of carboxylic acid groups (broad SMARTS) is 1. The van der Waals surface area contributed by atoms with E-state index in [2.05, 4.69) is 20.8 Å². The second kappa shape index (κ2) is 3.66. The Bertz CT molecular complexity index is 193. The third kappa shape index (κ3) is 3.35. The van der Waals surface area contributed by atoms with Crippen LogP contribution in [0.25, 0.3) is 0 Å². The summed E-state index contributed by atoms with van der Waals surface area (Å²) in [4.78, 5) is 10.6. The van der Waals surface area contributed by atoms with Gasteiger partial charge < -0.3 is 9.84 Å². The highest BCUT2D eigenvalue weighted by Gasteiger charge is 2.32. The second-order valence-corrected chi connectivity index (χ2v) is 4.93. The maximum absolute atomic E-state index is 10.6. The van der Waals surface area contributed by atoms with Crippen LogP contribution in [0.1, 0.15) is 40.0 Å². The Morgan fingerprint density at radius 2 is 2.08 bits per heavy atom. The fourth-order valence-electron chi connectivity index (χ4n) is 1.72. The van der Waals surface area contributed by atoms with E-state index < -0.39 is 12.1 Å². The molecule has 2 atom stereocenters. The van der Waals surface area contributed by atoms with Crippen LogP contribution in [0, 0.1) is 5.41 Å². The third-order valence-corrected chi connectivity index (χ3v) is 2.22. The lowest BCUT2D eigenvalue weighted by Crippen LogP contribution is -2.23. The molecule has 1 heterocycles. The predicted molar refractivity (Wildman–Crippen MR) is 49.6 cm³/mol. The molecule has 13 heavy (non-hydrogen) atoms. The molecule has 1 aliphatic rings. The van der Waals surface area contributed by atoms with Crippen molar-refractivity contribution in [2.75, 3.05) is 0 Å². The van der Waals surface area contributed by atoms with Crippen molar-refractivity contribution in [3.05, 3.63) is 0 Å². The minimum absolute atomic E-state index is 0.140. The van der Waals surface area contributed by atoms with E-state index in [0.29, 0.717) is 6.42 Å². The van der Waals surface area contributed by atoms with Gasteiger partial charge in [0.05, 0.1) is 6.10 Å². The van der Waals surface area contributed by atoms with Crippen LogP contribution in [0.5, 0.6) is 0 Å². The summed E-state index contributed by atoms with van der Waals surface area (Å²) in [7, 11) is 0. The molecule has 1 rings (SSSR count). The lowest BCUT2D eigenvalue weighted by atomic mass is 9.88. The first-order chi connectivity index (χ1) is 5.88. The fourth-order valence-corrected chi connectivity index (χ4v) is 1.72. The molecule has 0 saturated carbocycles. The van der Waals surface area contributed by atoms with Crippen molar-refractivity contribution in [2.24, 2.45) is 5.41 Å². The quantitative estimate of drug-likeness (QED) is 0.718. The maximum Gasteiger partial charge on any atom is 0.332 e. The zero-order chi connectivity index (χ0) is 10.1. The Kier molecular flexibility index (Phi) is 2.96. The maximum atomic E-state index is 10.6. The smallest absolute Gasteiger partial charge is 0.332 e. The van der Waals surface area contributed by atoms with Crippen LogP contribution in [-0.4, -0.2) is 23.3 Å². The third-order valence-electron chi connectivity index (χ3n) is 2.22. The molecule has 2 unspecified atom stereocenters. The van der Waals surface area contributed by atoms with Gasteiger partial charge in [-0.3, -0.25) is 0 Å². The van der Waals surface area contributed by atoms with Gasteiger partial charge >= 0.3 is 5.97 Å². The predicted octanol–water partition coefficient (Wildman–Crippen LogP) is 2.05. The number of hydrogen-bond donors (Lipinski definition) is 1. The molecule has 1 fully saturated rings. The van der Waals surface area contributed by atoms with Crippen molar-refractivity contribution in [3.63, 3.8) is 0 Å². The Balaban J connectivity index is 2.38. The lowest BCUT2D eigenvalue weighted by Gasteiger charge is -2.22. The standard InChI is InChI=1S/C10H18O3/c1-10(2,3)6-7-4-5-8(13-7)9(11)12/h7-8H,4-6H2,1-3H3,(H,11,12). The van der Waals surface area contributed by atoms with Crippen LogP contribution in [-0.2, 0) is 9.53 Å². The molecular weight excluding hydrogens is 168 g/mol. The van der Waals surface area contributed by atoms with Gasteiger partial charge in [0.1, 0.15) is 0 Å². The van der Waals surface area contributed by atoms with Crippen LogP contribution < -0.4 is 0 Å². The molecule has 0 aromatic rings. The monoisotopic (exact) mass is 186 g/mol. The Hall–Kier alpha value is -0.570. The van der Waals surface area contributed by atoms with Gasteiger partial charge in [-0.15, -0.1) is 0 Å². The van der Waals surface area contributed by atoms with E-state index in [1.54, 1.807) is 0 Å². The highest BCUT2D eigenvalue weighted by Crippen LogP contribution is 2.30. The summed E-state index contributed by atoms with van der Waals surface area (Å²) in [6.07, 6.45) is 2.06. The summed E-state index contributed by atoms with van der Waals surface area (Å²) in [6.45, 7) is 6.43. The van der Waals surface area contributed by atoms with Crippen molar-refractivity contribution in [1.29, 1.82) is 0 Å². The van der Waals surface area contributed by atoms with Gasteiger partial charge in [0.25, 0.3) is 0 Å². The largest absolute Gasteiger partial charge is 0.479 e. The number of rotatable bonds is 2. The van der Waals surface area contributed by atoms with Gasteiger partial charge in [0.15, 0.2) is 6.10 Å². The average Bonchev–Trinajstić information content (AvgIpc) is 2.31. The second-order valence-electron chi connectivity index (χ2n) is 4.93. The van der Waals surface area contributed by atoms with Crippen LogP contribution in [0.3, 0.4) is 0 Å². The summed E-state index contributed by atoms with van der Waals surface area (Å²) in [5.41, 5.74) is 0.220. The molecular formula is C10H18O3. The SMILES string of the molecule is CC(C)(C)CC1CCC(C(=O)O)O1. The zero-order valence-corrected chi connectivity index (χ0v) is 8.54. The number of ether oxygens (including phenoxy) is 1. The molecule has 0 spiro atoms. The van der Waals surface area contributed by atoms with E-state index in [4.69, 9.17) is 9.84 Å². The Labute approximate surface area is 79.1 Å². The van der Waals surface area contributed by atoms with Crippen LogP contribution in [0.2, 0.25) is 0 Å². The number of carbonyl (C=O) groups is 1. The van der Waals surface area contributed by atoms with E-state index >= 15 is 0 Å². The molecule has 1 N–H and O–H groups in total. The topological polar surface area (TPSA) is 46.5 Å². The summed E-state index contributed by atoms with van der Waals surface area (Å²) in [5.74, 6) is -0.823. The molecule has 76 valence electrons. The van der Waals surface area contributed by atoms with Crippen molar-refractivity contribution < 1.29 is 14.6 Å². The van der Waals surface area contributed by atoms with E-state index in [9.17, 15) is 4.79 Å². The average molecular weight is 186 g/mol. The zero-order valence-electron chi connectivity index (χ0n) is 8.54. The molecule has 0 aromatic heterocycles. The van der Waals surface area contributed by atoms with Crippen molar-refractivity contribution in [1.82, 2.24) is 0 Å². The van der Waals surface area contributed by atoms with Crippen LogP contribution >= 0.6 is 0 Å². The first-order valence-corrected chi connectivity index (χ1v) is 4.77. The molecule has 0 aromatic carbocycles. The minimum Gasteiger partial charge on any atom is -0.479 e. The van der Waals surface area contributed by atoms with Gasteiger partial charge in [0.2, 0.25) is 0 Å². The van der Waals surface area contributed by atoms with E-state index in [-0.39, 0.29) is 11.5 Å². The summed E-state index contributed by atoms with van der Waals surface area (Å²) in [6, 6.07) is 0. The molecule has 1 aliphatic heterocycles. The van der Waals surface area contributed by atoms with Gasteiger partial charge in [-0.25, -0.2) is 4.79 Å². The summed E-state index contributed by atoms with van der Waals surface area (Å²) in [5, 5.41) is 8.70. The van der Waals surface area contributed by atoms with Crippen molar-refractivity contribution in [3.8, 4) is 0 Å². The molecule has 0 amide bonds. The van der Waals surface area contributed by atoms with Gasteiger partial charge in [-0.2, -0.15) is 0 Å². The van der Waals surface area contributed by atoms with Crippen LogP contribution in [0.4, 0.5) is 0 Å². The van der Waals surface area contributed by atoms with E-state index in [0.717, 1.165) is 12.8 Å². The van der Waals surface area contributed by atoms with Crippen molar-refractivity contribution in [2.45, 2.75) is 52.2 Å². The van der Waals surface area contributed by atoms with Gasteiger partial charge in [-0.1, -0.05) is 20.8 Å². The van der Waals surface area contributed by atoms with Gasteiger partial charge in [0, 0.05) is 0 Å². The molecule has 3 nitrogen and oxygen atoms in total. The number of carboxylic acids is 1. The van der Waals surface area contributed by atoms with Crippen molar-refractivity contribution >= 4 is 5.97 Å². The number of aliphatic carboxylic acids is 1. The first-order valence-electron chi connectivity index (χ1n) is 4.77. The number of hydrogen-bond acceptors (Lipinski definition) is 2. The summed E-state index contributed by atoms with van der Waals surface area (Å²) >= 11 is 0. The van der Waals surface area contributed by atoms with E-state index in [1.165, 1.54) is 0 Å². The lowest BCUT2D eigenvalue weighted by molar-refractivity contribution is -0.149. The molecule has 0 bridgehead atoms. The molecule has 0 aliphatic carbocycles.